The fourth-order valence-electron chi connectivity index (χ4n) is 12.5. The van der Waals surface area contributed by atoms with Crippen molar-refractivity contribution in [1.29, 1.82) is 0 Å². The number of allylic oxidation sites excluding steroid dienone is 4. The minimum absolute atomic E-state index is 0. The van der Waals surface area contributed by atoms with Crippen LogP contribution in [-0.2, 0) is 52.3 Å². The molecule has 0 bridgehead atoms. The van der Waals surface area contributed by atoms with Gasteiger partial charge in [0.25, 0.3) is 8.32 Å². The molecule has 0 amide bonds. The summed E-state index contributed by atoms with van der Waals surface area (Å²) in [5.74, 6) is -5.61. The number of methoxy groups -OCH3 is 2. The van der Waals surface area contributed by atoms with Crippen LogP contribution in [0.3, 0.4) is 0 Å². The van der Waals surface area contributed by atoms with Crippen molar-refractivity contribution >= 4 is 46.6 Å². The summed E-state index contributed by atoms with van der Waals surface area (Å²) in [4.78, 5) is 43.5. The van der Waals surface area contributed by atoms with E-state index in [4.69, 9.17) is 28.1 Å². The van der Waals surface area contributed by atoms with Crippen LogP contribution < -0.4 is 45.0 Å². The summed E-state index contributed by atoms with van der Waals surface area (Å²) in [5.41, 5.74) is -2.68. The summed E-state index contributed by atoms with van der Waals surface area (Å²) in [6.07, 6.45) is 8.84. The van der Waals surface area contributed by atoms with E-state index in [1.54, 1.807) is 70.4 Å². The van der Waals surface area contributed by atoms with Crippen molar-refractivity contribution in [3.8, 4) is 0 Å². The van der Waals surface area contributed by atoms with E-state index in [0.29, 0.717) is 23.9 Å². The number of sulfone groups is 1. The zero-order valence-electron chi connectivity index (χ0n) is 44.3. The van der Waals surface area contributed by atoms with Gasteiger partial charge in [-0.1, -0.05) is 156 Å². The maximum absolute atomic E-state index is 16.2. The molecule has 3 aromatic carbocycles. The Hall–Kier alpha value is -4.06. The van der Waals surface area contributed by atoms with Crippen molar-refractivity contribution in [3.63, 3.8) is 0 Å². The number of ketones is 1. The van der Waals surface area contributed by atoms with Crippen LogP contribution in [0.2, 0.25) is 5.04 Å². The smallest absolute Gasteiger partial charge is 0.874 e. The number of fused-ring (bicyclic) bond motifs is 1. The first-order valence-electron chi connectivity index (χ1n) is 24.8. The van der Waals surface area contributed by atoms with Crippen molar-refractivity contribution in [2.24, 2.45) is 40.9 Å². The third-order valence-electron chi connectivity index (χ3n) is 15.7. The van der Waals surface area contributed by atoms with E-state index in [9.17, 15) is 18.0 Å². The van der Waals surface area contributed by atoms with E-state index in [2.05, 4.69) is 58.9 Å². The summed E-state index contributed by atoms with van der Waals surface area (Å²) < 4.78 is 64.6. The molecular weight excluding hydrogens is 972 g/mol. The van der Waals surface area contributed by atoms with E-state index < -0.39 is 81.2 Å². The van der Waals surface area contributed by atoms with Gasteiger partial charge in [-0.05, 0) is 82.1 Å². The van der Waals surface area contributed by atoms with Crippen molar-refractivity contribution in [2.45, 2.75) is 96.0 Å². The van der Waals surface area contributed by atoms with Gasteiger partial charge in [-0.15, -0.1) is 5.76 Å². The van der Waals surface area contributed by atoms with Crippen molar-refractivity contribution in [2.75, 3.05) is 40.2 Å². The van der Waals surface area contributed by atoms with Gasteiger partial charge in [0.2, 0.25) is 5.78 Å². The molecule has 0 N–H and O–H groups in total. The van der Waals surface area contributed by atoms with Gasteiger partial charge in [0.05, 0.1) is 41.0 Å². The summed E-state index contributed by atoms with van der Waals surface area (Å²) in [6.45, 7) is 15.7. The Bertz CT molecular complexity index is 2680. The molecule has 15 heteroatoms. The normalized spacial score (nSPS) is 29.5. The van der Waals surface area contributed by atoms with Gasteiger partial charge >= 0.3 is 35.5 Å². The fourth-order valence-corrected chi connectivity index (χ4v) is 18.3. The van der Waals surface area contributed by atoms with Gasteiger partial charge in [-0.25, -0.2) is 13.2 Å². The van der Waals surface area contributed by atoms with Crippen LogP contribution in [0.5, 0.6) is 0 Å². The fraction of sp³-hybridized carbons (Fsp3) is 0.466. The Morgan fingerprint density at radius 3 is 2.00 bits per heavy atom. The topological polar surface area (TPSA) is 164 Å². The van der Waals surface area contributed by atoms with Crippen LogP contribution in [0.1, 0.15) is 68.2 Å². The first-order valence-corrected chi connectivity index (χ1v) is 28.4. The predicted molar refractivity (Wildman–Crippen MR) is 277 cm³/mol. The molecule has 1 saturated carbocycles. The zero-order valence-corrected chi connectivity index (χ0v) is 48.1. The standard InChI is InChI=1S/C58H72O12SSi.Na/c1-38(34-59)30-48-49(67-36-65-9)32-42(35-69-72(56(5,6)7,44-22-16-12-17-23-44)45-24-18-13-19-25-45)33-58(48)54(61)50(55(62)70-58)53(60)57(8)47(39(2)28-29-71(63,64)43-20-14-11-15-21-43)27-26-46-51(57)40(3)31-41(4)52(46)68-37-66-10;/h11-28,30,32,34,40-41,46-49,51-52,60H,29,31,33,35-37H2,1-10H3;/q;+1/p-1/b38-30+,39-28-,53-50+;/t40-,41-,46-,47-,48+,49-,51+,52-,57+,58-;/m0./s1. The molecule has 3 aromatic rings. The molecule has 1 aliphatic heterocycles. The van der Waals surface area contributed by atoms with Gasteiger partial charge in [-0.3, -0.25) is 9.59 Å². The molecule has 1 spiro atoms. The van der Waals surface area contributed by atoms with Gasteiger partial charge in [0.1, 0.15) is 19.9 Å². The monoisotopic (exact) mass is 1040 g/mol. The molecule has 0 unspecified atom stereocenters. The number of Topliss-reactive ketones (excluding diaryl/α,β-unsaturated/α-hetero) is 1. The van der Waals surface area contributed by atoms with Crippen LogP contribution in [0.4, 0.5) is 0 Å². The number of benzene rings is 3. The zero-order chi connectivity index (χ0) is 52.2. The van der Waals surface area contributed by atoms with Gasteiger partial charge in [0.15, 0.2) is 15.4 Å². The van der Waals surface area contributed by atoms with Crippen molar-refractivity contribution in [3.05, 3.63) is 149 Å². The molecule has 2 fully saturated rings. The van der Waals surface area contributed by atoms with Gasteiger partial charge in [0, 0.05) is 32.5 Å². The summed E-state index contributed by atoms with van der Waals surface area (Å²) in [7, 11) is -3.91. The maximum atomic E-state index is 16.2. The summed E-state index contributed by atoms with van der Waals surface area (Å²) >= 11 is 0. The Balaban J connectivity index is 0.00000869. The van der Waals surface area contributed by atoms with Crippen molar-refractivity contribution < 1.29 is 85.6 Å². The number of aldehydes is 1. The van der Waals surface area contributed by atoms with Crippen LogP contribution in [-0.4, -0.2) is 92.7 Å². The van der Waals surface area contributed by atoms with E-state index >= 15 is 9.90 Å². The first kappa shape index (κ1) is 58.2. The van der Waals surface area contributed by atoms with Crippen molar-refractivity contribution in [1.82, 2.24) is 0 Å². The SMILES string of the molecule is COCO[C@@H]1[C@H]2C=C[C@@H](/C(C)=C\CS(=O)(=O)c3ccccc3)[C@@](C)(/C([O-])=C3\C(=O)O[C@]4(CC(CO[Si](c5ccccc5)(c5ccccc5)C(C)(C)C)=C[C@H](OCOC)[C@H]4/C=C(\C)C=O)C3=O)[C@@H]2[C@@H](C)C[C@@H]1C.[Na+]. The van der Waals surface area contributed by atoms with E-state index in [1.807, 2.05) is 54.6 Å². The van der Waals surface area contributed by atoms with Crippen LogP contribution >= 0.6 is 0 Å². The number of rotatable bonds is 18. The van der Waals surface area contributed by atoms with E-state index in [0.717, 1.165) is 10.4 Å². The Morgan fingerprint density at radius 2 is 1.44 bits per heavy atom. The van der Waals surface area contributed by atoms with E-state index in [-0.39, 0.29) is 96.3 Å². The minimum atomic E-state index is -3.77. The molecule has 0 radical (unpaired) electrons. The molecule has 10 atom stereocenters. The Labute approximate surface area is 455 Å². The average molecular weight is 1040 g/mol. The minimum Gasteiger partial charge on any atom is -0.874 e. The number of hydrogen-bond acceptors (Lipinski definition) is 12. The van der Waals surface area contributed by atoms with Crippen LogP contribution in [0, 0.1) is 40.9 Å². The molecule has 3 aliphatic carbocycles. The van der Waals surface area contributed by atoms with Crippen LogP contribution in [0.15, 0.2) is 154 Å². The number of hydrogen-bond donors (Lipinski definition) is 0. The average Bonchev–Trinajstić information content (AvgIpc) is 3.60. The second kappa shape index (κ2) is 23.9. The number of carbonyl (C=O) groups excluding carboxylic acids is 3. The van der Waals surface area contributed by atoms with Gasteiger partial charge in [-0.2, -0.15) is 0 Å². The molecular formula is C58H71NaO12SSi. The quantitative estimate of drug-likeness (QED) is 0.0254. The van der Waals surface area contributed by atoms with E-state index in [1.165, 1.54) is 7.11 Å². The van der Waals surface area contributed by atoms with Crippen LogP contribution in [0.25, 0.3) is 0 Å². The Kier molecular flexibility index (Phi) is 19.0. The molecule has 73 heavy (non-hydrogen) atoms. The number of carbonyl (C=O) groups is 3. The maximum Gasteiger partial charge on any atom is 1.00 e. The second-order valence-corrected chi connectivity index (χ2v) is 27.7. The molecule has 386 valence electrons. The molecule has 0 aromatic heterocycles. The first-order chi connectivity index (χ1) is 34.2. The second-order valence-electron chi connectivity index (χ2n) is 21.4. The molecule has 4 aliphatic rings. The summed E-state index contributed by atoms with van der Waals surface area (Å²) in [5, 5.41) is 17.8. The number of ether oxygens (including phenoxy) is 5. The largest absolute Gasteiger partial charge is 1.00 e. The summed E-state index contributed by atoms with van der Waals surface area (Å²) in [6, 6.07) is 28.4. The predicted octanol–water partition coefficient (Wildman–Crippen LogP) is 4.64. The third-order valence-corrected chi connectivity index (χ3v) is 22.2. The Morgan fingerprint density at radius 1 is 0.863 bits per heavy atom. The number of esters is 1. The molecule has 1 saturated heterocycles. The molecule has 12 nitrogen and oxygen atoms in total. The molecule has 1 heterocycles. The van der Waals surface area contributed by atoms with Gasteiger partial charge < -0.3 is 33.2 Å². The molecule has 7 rings (SSSR count). The third kappa shape index (κ3) is 11.3.